The maximum atomic E-state index is 12.8. The molecule has 26 heavy (non-hydrogen) atoms. The van der Waals surface area contributed by atoms with E-state index < -0.39 is 11.9 Å². The van der Waals surface area contributed by atoms with Crippen LogP contribution in [0.3, 0.4) is 0 Å². The zero-order chi connectivity index (χ0) is 18.5. The topological polar surface area (TPSA) is 81.4 Å². The Morgan fingerprint density at radius 3 is 2.46 bits per heavy atom. The SMILES string of the molecule is COc1ccccc1C[C@H](NC(=O)c1cccc2ccccc12)C(N)=O. The van der Waals surface area contributed by atoms with E-state index in [1.807, 2.05) is 54.6 Å². The van der Waals surface area contributed by atoms with Crippen LogP contribution in [-0.2, 0) is 11.2 Å². The second-order valence-electron chi connectivity index (χ2n) is 5.97. The lowest BCUT2D eigenvalue weighted by Crippen LogP contribution is -2.45. The molecule has 0 radical (unpaired) electrons. The molecule has 1 atom stereocenters. The first-order valence-corrected chi connectivity index (χ1v) is 8.30. The smallest absolute Gasteiger partial charge is 0.252 e. The summed E-state index contributed by atoms with van der Waals surface area (Å²) in [5.41, 5.74) is 6.83. The van der Waals surface area contributed by atoms with E-state index in [4.69, 9.17) is 10.5 Å². The van der Waals surface area contributed by atoms with Gasteiger partial charge in [-0.2, -0.15) is 0 Å². The van der Waals surface area contributed by atoms with Crippen LogP contribution in [0.2, 0.25) is 0 Å². The summed E-state index contributed by atoms with van der Waals surface area (Å²) in [6, 6.07) is 19.6. The van der Waals surface area contributed by atoms with Gasteiger partial charge in [-0.3, -0.25) is 9.59 Å². The minimum Gasteiger partial charge on any atom is -0.496 e. The summed E-state index contributed by atoms with van der Waals surface area (Å²) in [4.78, 5) is 24.7. The molecule has 0 aliphatic heterocycles. The Bertz CT molecular complexity index is 947. The molecule has 0 heterocycles. The molecule has 0 bridgehead atoms. The number of primary amides is 1. The van der Waals surface area contributed by atoms with Gasteiger partial charge in [0.05, 0.1) is 7.11 Å². The molecular weight excluding hydrogens is 328 g/mol. The fourth-order valence-corrected chi connectivity index (χ4v) is 2.97. The number of amides is 2. The van der Waals surface area contributed by atoms with Crippen molar-refractivity contribution in [1.29, 1.82) is 0 Å². The van der Waals surface area contributed by atoms with Gasteiger partial charge in [-0.25, -0.2) is 0 Å². The van der Waals surface area contributed by atoms with Crippen molar-refractivity contribution < 1.29 is 14.3 Å². The third-order valence-corrected chi connectivity index (χ3v) is 4.30. The molecule has 3 rings (SSSR count). The minimum absolute atomic E-state index is 0.260. The van der Waals surface area contributed by atoms with Crippen LogP contribution >= 0.6 is 0 Å². The Morgan fingerprint density at radius 2 is 1.69 bits per heavy atom. The molecule has 2 amide bonds. The molecule has 132 valence electrons. The van der Waals surface area contributed by atoms with Gasteiger partial charge in [-0.1, -0.05) is 54.6 Å². The van der Waals surface area contributed by atoms with E-state index in [-0.39, 0.29) is 12.3 Å². The number of nitrogens with one attached hydrogen (secondary N) is 1. The molecule has 0 aliphatic carbocycles. The summed E-state index contributed by atoms with van der Waals surface area (Å²) in [5.74, 6) is -0.275. The number of hydrogen-bond acceptors (Lipinski definition) is 3. The number of nitrogens with two attached hydrogens (primary N) is 1. The lowest BCUT2D eigenvalue weighted by molar-refractivity contribution is -0.119. The van der Waals surface area contributed by atoms with Crippen LogP contribution in [0.1, 0.15) is 15.9 Å². The average Bonchev–Trinajstić information content (AvgIpc) is 2.67. The predicted octanol–water partition coefficient (Wildman–Crippen LogP) is 2.67. The molecule has 0 saturated heterocycles. The van der Waals surface area contributed by atoms with Crippen molar-refractivity contribution in [3.8, 4) is 5.75 Å². The van der Waals surface area contributed by atoms with Crippen LogP contribution in [-0.4, -0.2) is 25.0 Å². The summed E-state index contributed by atoms with van der Waals surface area (Å²) in [5, 5.41) is 4.54. The highest BCUT2D eigenvalue weighted by molar-refractivity contribution is 6.08. The minimum atomic E-state index is -0.835. The highest BCUT2D eigenvalue weighted by Crippen LogP contribution is 2.21. The number of fused-ring (bicyclic) bond motifs is 1. The van der Waals surface area contributed by atoms with E-state index in [1.54, 1.807) is 19.2 Å². The fourth-order valence-electron chi connectivity index (χ4n) is 2.97. The van der Waals surface area contributed by atoms with E-state index in [2.05, 4.69) is 5.32 Å². The number of ether oxygens (including phenoxy) is 1. The summed E-state index contributed by atoms with van der Waals surface area (Å²) in [7, 11) is 1.56. The summed E-state index contributed by atoms with van der Waals surface area (Å²) >= 11 is 0. The molecule has 0 unspecified atom stereocenters. The predicted molar refractivity (Wildman–Crippen MR) is 101 cm³/mol. The van der Waals surface area contributed by atoms with Crippen LogP contribution in [0, 0.1) is 0 Å². The number of rotatable bonds is 6. The number of para-hydroxylation sites is 1. The maximum Gasteiger partial charge on any atom is 0.252 e. The summed E-state index contributed by atoms with van der Waals surface area (Å²) < 4.78 is 5.31. The molecule has 3 N–H and O–H groups in total. The van der Waals surface area contributed by atoms with Crippen LogP contribution < -0.4 is 15.8 Å². The van der Waals surface area contributed by atoms with E-state index >= 15 is 0 Å². The quantitative estimate of drug-likeness (QED) is 0.718. The second kappa shape index (κ2) is 7.70. The second-order valence-corrected chi connectivity index (χ2v) is 5.97. The molecule has 0 aromatic heterocycles. The highest BCUT2D eigenvalue weighted by atomic mass is 16.5. The Labute approximate surface area is 151 Å². The number of benzene rings is 3. The first-order chi connectivity index (χ1) is 12.6. The van der Waals surface area contributed by atoms with Crippen molar-refractivity contribution in [1.82, 2.24) is 5.32 Å². The molecule has 0 fully saturated rings. The third kappa shape index (κ3) is 3.67. The number of hydrogen-bond donors (Lipinski definition) is 2. The first kappa shape index (κ1) is 17.5. The van der Waals surface area contributed by atoms with Crippen LogP contribution in [0.5, 0.6) is 5.75 Å². The molecule has 5 nitrogen and oxygen atoms in total. The number of methoxy groups -OCH3 is 1. The number of carbonyl (C=O) groups is 2. The van der Waals surface area contributed by atoms with Gasteiger partial charge in [-0.05, 0) is 28.5 Å². The maximum absolute atomic E-state index is 12.8. The summed E-state index contributed by atoms with van der Waals surface area (Å²) in [6.45, 7) is 0. The van der Waals surface area contributed by atoms with E-state index in [0.717, 1.165) is 16.3 Å². The van der Waals surface area contributed by atoms with E-state index in [9.17, 15) is 9.59 Å². The van der Waals surface area contributed by atoms with Crippen molar-refractivity contribution in [3.05, 3.63) is 77.9 Å². The fraction of sp³-hybridized carbons (Fsp3) is 0.143. The van der Waals surface area contributed by atoms with E-state index in [0.29, 0.717) is 11.3 Å². The molecule has 0 saturated carbocycles. The summed E-state index contributed by atoms with van der Waals surface area (Å²) in [6.07, 6.45) is 0.260. The molecule has 3 aromatic carbocycles. The number of carbonyl (C=O) groups excluding carboxylic acids is 2. The zero-order valence-electron chi connectivity index (χ0n) is 14.4. The van der Waals surface area contributed by atoms with Gasteiger partial charge in [0, 0.05) is 12.0 Å². The standard InChI is InChI=1S/C21H20N2O3/c1-26-19-12-5-3-8-15(19)13-18(20(22)24)23-21(25)17-11-6-9-14-7-2-4-10-16(14)17/h2-12,18H,13H2,1H3,(H2,22,24)(H,23,25)/t18-/m0/s1. The zero-order valence-corrected chi connectivity index (χ0v) is 14.4. The van der Waals surface area contributed by atoms with Gasteiger partial charge in [-0.15, -0.1) is 0 Å². The Morgan fingerprint density at radius 1 is 1.00 bits per heavy atom. The van der Waals surface area contributed by atoms with Crippen LogP contribution in [0.15, 0.2) is 66.7 Å². The van der Waals surface area contributed by atoms with Gasteiger partial charge in [0.25, 0.3) is 5.91 Å². The third-order valence-electron chi connectivity index (χ3n) is 4.30. The Kier molecular flexibility index (Phi) is 5.17. The van der Waals surface area contributed by atoms with Gasteiger partial charge in [0.15, 0.2) is 0 Å². The lowest BCUT2D eigenvalue weighted by atomic mass is 10.0. The molecule has 3 aromatic rings. The monoisotopic (exact) mass is 348 g/mol. The lowest BCUT2D eigenvalue weighted by Gasteiger charge is -2.18. The molecule has 5 heteroatoms. The Hall–Kier alpha value is -3.34. The van der Waals surface area contributed by atoms with Crippen molar-refractivity contribution in [2.45, 2.75) is 12.5 Å². The average molecular weight is 348 g/mol. The van der Waals surface area contributed by atoms with Crippen LogP contribution in [0.4, 0.5) is 0 Å². The van der Waals surface area contributed by atoms with Gasteiger partial charge in [0.2, 0.25) is 5.91 Å². The Balaban J connectivity index is 1.86. The van der Waals surface area contributed by atoms with Gasteiger partial charge >= 0.3 is 0 Å². The molecular formula is C21H20N2O3. The van der Waals surface area contributed by atoms with Gasteiger partial charge in [0.1, 0.15) is 11.8 Å². The van der Waals surface area contributed by atoms with Crippen molar-refractivity contribution in [2.24, 2.45) is 5.73 Å². The van der Waals surface area contributed by atoms with Gasteiger partial charge < -0.3 is 15.8 Å². The van der Waals surface area contributed by atoms with Crippen molar-refractivity contribution in [2.75, 3.05) is 7.11 Å². The van der Waals surface area contributed by atoms with E-state index in [1.165, 1.54) is 0 Å². The van der Waals surface area contributed by atoms with Crippen LogP contribution in [0.25, 0.3) is 10.8 Å². The molecule has 0 spiro atoms. The van der Waals surface area contributed by atoms with Crippen molar-refractivity contribution in [3.63, 3.8) is 0 Å². The largest absolute Gasteiger partial charge is 0.496 e. The molecule has 0 aliphatic rings. The normalized spacial score (nSPS) is 11.7. The highest BCUT2D eigenvalue weighted by Gasteiger charge is 2.21. The van der Waals surface area contributed by atoms with Crippen molar-refractivity contribution >= 4 is 22.6 Å². The first-order valence-electron chi connectivity index (χ1n) is 8.30.